The number of morpholine rings is 1. The number of amides is 1. The van der Waals surface area contributed by atoms with Gasteiger partial charge in [0.25, 0.3) is 5.91 Å². The molecule has 7 heteroatoms. The van der Waals surface area contributed by atoms with Crippen molar-refractivity contribution in [3.05, 3.63) is 71.8 Å². The Labute approximate surface area is 225 Å². The van der Waals surface area contributed by atoms with Crippen LogP contribution < -0.4 is 19.5 Å². The van der Waals surface area contributed by atoms with E-state index in [0.29, 0.717) is 29.4 Å². The van der Waals surface area contributed by atoms with Crippen LogP contribution in [0.25, 0.3) is 11.1 Å². The number of nitrogens with one attached hydrogen (secondary N) is 1. The van der Waals surface area contributed by atoms with E-state index in [-0.39, 0.29) is 11.3 Å². The molecule has 38 heavy (non-hydrogen) atoms. The largest absolute Gasteiger partial charge is 0.497 e. The van der Waals surface area contributed by atoms with Crippen molar-refractivity contribution in [1.82, 2.24) is 4.90 Å². The number of carbonyl (C=O) groups is 1. The molecule has 0 atom stereocenters. The first kappa shape index (κ1) is 27.5. The molecule has 1 aliphatic heterocycles. The molecule has 0 radical (unpaired) electrons. The van der Waals surface area contributed by atoms with Crippen LogP contribution in [-0.4, -0.2) is 64.5 Å². The van der Waals surface area contributed by atoms with Crippen LogP contribution in [0.1, 0.15) is 36.7 Å². The van der Waals surface area contributed by atoms with Gasteiger partial charge >= 0.3 is 0 Å². The SMILES string of the molecule is COc1ccc(C(=O)Nc2ccc(OC)cc2-c2cc(C(C)(C)C)ccc2OCCN2CCOCC2)cc1. The summed E-state index contributed by atoms with van der Waals surface area (Å²) in [6.45, 7) is 11.3. The summed E-state index contributed by atoms with van der Waals surface area (Å²) < 4.78 is 22.6. The van der Waals surface area contributed by atoms with Crippen LogP contribution in [0.3, 0.4) is 0 Å². The maximum absolute atomic E-state index is 13.2. The monoisotopic (exact) mass is 518 g/mol. The third-order valence-electron chi connectivity index (χ3n) is 6.73. The molecule has 3 aromatic carbocycles. The molecule has 1 N–H and O–H groups in total. The molecule has 0 aliphatic carbocycles. The topological polar surface area (TPSA) is 69.3 Å². The zero-order valence-electron chi connectivity index (χ0n) is 23.0. The first-order valence-electron chi connectivity index (χ1n) is 13.0. The second kappa shape index (κ2) is 12.3. The van der Waals surface area contributed by atoms with Gasteiger partial charge in [-0.3, -0.25) is 9.69 Å². The lowest BCUT2D eigenvalue weighted by Crippen LogP contribution is -2.38. The van der Waals surface area contributed by atoms with E-state index in [1.165, 1.54) is 5.56 Å². The van der Waals surface area contributed by atoms with Gasteiger partial charge in [-0.1, -0.05) is 26.8 Å². The number of hydrogen-bond acceptors (Lipinski definition) is 6. The summed E-state index contributed by atoms with van der Waals surface area (Å²) in [7, 11) is 3.24. The highest BCUT2D eigenvalue weighted by atomic mass is 16.5. The van der Waals surface area contributed by atoms with Gasteiger partial charge in [0.1, 0.15) is 23.9 Å². The average molecular weight is 519 g/mol. The maximum Gasteiger partial charge on any atom is 0.255 e. The lowest BCUT2D eigenvalue weighted by Gasteiger charge is -2.27. The van der Waals surface area contributed by atoms with E-state index >= 15 is 0 Å². The molecule has 7 nitrogen and oxygen atoms in total. The van der Waals surface area contributed by atoms with E-state index in [2.05, 4.69) is 43.1 Å². The summed E-state index contributed by atoms with van der Waals surface area (Å²) in [6.07, 6.45) is 0. The van der Waals surface area contributed by atoms with Gasteiger partial charge in [0.2, 0.25) is 0 Å². The summed E-state index contributed by atoms with van der Waals surface area (Å²) in [5.74, 6) is 1.95. The van der Waals surface area contributed by atoms with E-state index in [1.807, 2.05) is 24.3 Å². The molecular weight excluding hydrogens is 480 g/mol. The van der Waals surface area contributed by atoms with Crippen molar-refractivity contribution in [3.63, 3.8) is 0 Å². The Morgan fingerprint density at radius 2 is 1.58 bits per heavy atom. The number of nitrogens with zero attached hydrogens (tertiary/aromatic N) is 1. The first-order chi connectivity index (χ1) is 18.3. The molecule has 1 amide bonds. The van der Waals surface area contributed by atoms with Crippen molar-refractivity contribution in [2.75, 3.05) is 59.0 Å². The van der Waals surface area contributed by atoms with Crippen LogP contribution in [0.5, 0.6) is 17.2 Å². The minimum Gasteiger partial charge on any atom is -0.497 e. The van der Waals surface area contributed by atoms with Crippen LogP contribution in [0.15, 0.2) is 60.7 Å². The van der Waals surface area contributed by atoms with Crippen molar-refractivity contribution in [1.29, 1.82) is 0 Å². The predicted molar refractivity (Wildman–Crippen MR) is 151 cm³/mol. The first-order valence-corrected chi connectivity index (χ1v) is 13.0. The molecule has 1 fully saturated rings. The zero-order chi connectivity index (χ0) is 27.1. The van der Waals surface area contributed by atoms with Crippen molar-refractivity contribution in [3.8, 4) is 28.4 Å². The quantitative estimate of drug-likeness (QED) is 0.396. The van der Waals surface area contributed by atoms with Gasteiger partial charge in [-0.05, 0) is 65.6 Å². The molecular formula is C31H38N2O5. The molecule has 1 saturated heterocycles. The third kappa shape index (κ3) is 6.85. The van der Waals surface area contributed by atoms with Gasteiger partial charge in [-0.2, -0.15) is 0 Å². The average Bonchev–Trinajstić information content (AvgIpc) is 2.93. The zero-order valence-corrected chi connectivity index (χ0v) is 23.0. The molecule has 0 unspecified atom stereocenters. The van der Waals surface area contributed by atoms with E-state index in [1.54, 1.807) is 38.5 Å². The highest BCUT2D eigenvalue weighted by molar-refractivity contribution is 6.06. The summed E-state index contributed by atoms with van der Waals surface area (Å²) in [4.78, 5) is 15.5. The van der Waals surface area contributed by atoms with Crippen molar-refractivity contribution >= 4 is 11.6 Å². The van der Waals surface area contributed by atoms with E-state index in [9.17, 15) is 4.79 Å². The number of anilines is 1. The number of hydrogen-bond donors (Lipinski definition) is 1. The molecule has 0 aromatic heterocycles. The Morgan fingerprint density at radius 3 is 2.24 bits per heavy atom. The Morgan fingerprint density at radius 1 is 0.895 bits per heavy atom. The Hall–Kier alpha value is -3.55. The molecule has 0 saturated carbocycles. The highest BCUT2D eigenvalue weighted by Crippen LogP contribution is 2.40. The van der Waals surface area contributed by atoms with Gasteiger partial charge in [-0.15, -0.1) is 0 Å². The van der Waals surface area contributed by atoms with E-state index in [0.717, 1.165) is 49.7 Å². The number of rotatable bonds is 9. The fraction of sp³-hybridized carbons (Fsp3) is 0.387. The third-order valence-corrected chi connectivity index (χ3v) is 6.73. The second-order valence-corrected chi connectivity index (χ2v) is 10.4. The molecule has 0 spiro atoms. The van der Waals surface area contributed by atoms with Gasteiger partial charge in [-0.25, -0.2) is 0 Å². The Kier molecular flexibility index (Phi) is 8.92. The molecule has 202 valence electrons. The van der Waals surface area contributed by atoms with E-state index < -0.39 is 0 Å². The normalized spacial score (nSPS) is 14.1. The number of carbonyl (C=O) groups excluding carboxylic acids is 1. The van der Waals surface area contributed by atoms with Gasteiger partial charge in [0.15, 0.2) is 0 Å². The summed E-state index contributed by atoms with van der Waals surface area (Å²) in [5.41, 5.74) is 4.06. The highest BCUT2D eigenvalue weighted by Gasteiger charge is 2.20. The number of ether oxygens (including phenoxy) is 4. The lowest BCUT2D eigenvalue weighted by atomic mass is 9.85. The van der Waals surface area contributed by atoms with Gasteiger partial charge in [0, 0.05) is 42.0 Å². The van der Waals surface area contributed by atoms with Crippen LogP contribution in [0.4, 0.5) is 5.69 Å². The molecule has 1 aliphatic rings. The van der Waals surface area contributed by atoms with Crippen LogP contribution in [0, 0.1) is 0 Å². The predicted octanol–water partition coefficient (Wildman–Crippen LogP) is 5.63. The molecule has 4 rings (SSSR count). The van der Waals surface area contributed by atoms with Crippen LogP contribution >= 0.6 is 0 Å². The summed E-state index contributed by atoms with van der Waals surface area (Å²) in [5, 5.41) is 3.09. The minimum absolute atomic E-state index is 0.0630. The fourth-order valence-corrected chi connectivity index (χ4v) is 4.36. The Bertz CT molecular complexity index is 1230. The molecule has 3 aromatic rings. The van der Waals surface area contributed by atoms with Crippen molar-refractivity contribution in [2.45, 2.75) is 26.2 Å². The minimum atomic E-state index is -0.208. The fourth-order valence-electron chi connectivity index (χ4n) is 4.36. The second-order valence-electron chi connectivity index (χ2n) is 10.4. The maximum atomic E-state index is 13.2. The smallest absolute Gasteiger partial charge is 0.255 e. The lowest BCUT2D eigenvalue weighted by molar-refractivity contribution is 0.0323. The van der Waals surface area contributed by atoms with Gasteiger partial charge in [0.05, 0.1) is 27.4 Å². The number of methoxy groups -OCH3 is 2. The standard InChI is InChI=1S/C31H38N2O5/c1-31(2,3)23-8-13-29(38-19-16-33-14-17-37-18-15-33)27(20-23)26-21-25(36-5)11-12-28(26)32-30(34)22-6-9-24(35-4)10-7-22/h6-13,20-21H,14-19H2,1-5H3,(H,32,34). The van der Waals surface area contributed by atoms with E-state index in [4.69, 9.17) is 18.9 Å². The van der Waals surface area contributed by atoms with Crippen molar-refractivity contribution in [2.24, 2.45) is 0 Å². The van der Waals surface area contributed by atoms with Gasteiger partial charge < -0.3 is 24.3 Å². The number of benzene rings is 3. The van der Waals surface area contributed by atoms with Crippen LogP contribution in [-0.2, 0) is 10.2 Å². The van der Waals surface area contributed by atoms with Crippen LogP contribution in [0.2, 0.25) is 0 Å². The molecule has 0 bridgehead atoms. The molecule has 1 heterocycles. The Balaban J connectivity index is 1.68. The van der Waals surface area contributed by atoms with Crippen molar-refractivity contribution < 1.29 is 23.7 Å². The summed E-state index contributed by atoms with van der Waals surface area (Å²) >= 11 is 0. The summed E-state index contributed by atoms with van der Waals surface area (Å²) in [6, 6.07) is 19.0.